The van der Waals surface area contributed by atoms with E-state index in [1.807, 2.05) is 77.2 Å². The number of anilines is 2. The van der Waals surface area contributed by atoms with Gasteiger partial charge in [0.2, 0.25) is 0 Å². The standard InChI is InChI=1S/C38H44N4O4/c1-5-7-9-11-25-40-35(28-15-13-27(3)14-16-28)33-34(38(40)44)36(41(37(33)43)26-12-10-8-6-2)29-17-19-30(20-18-29)39(4)31-21-23-32(24-22-31)42(45)46/h13-24H,5-12,25-26H2,1-4H3. The molecule has 0 fully saturated rings. The number of amides is 2. The number of hydrogen-bond donors (Lipinski definition) is 0. The Labute approximate surface area is 272 Å². The zero-order valence-electron chi connectivity index (χ0n) is 27.4. The first-order valence-electron chi connectivity index (χ1n) is 16.5. The maximum absolute atomic E-state index is 14.4. The Hall–Kier alpha value is -4.72. The van der Waals surface area contributed by atoms with Gasteiger partial charge in [0.25, 0.3) is 17.5 Å². The number of hydrogen-bond acceptors (Lipinski definition) is 5. The highest BCUT2D eigenvalue weighted by atomic mass is 16.6. The van der Waals surface area contributed by atoms with Gasteiger partial charge < -0.3 is 14.7 Å². The summed E-state index contributed by atoms with van der Waals surface area (Å²) in [6.07, 6.45) is 8.20. The van der Waals surface area contributed by atoms with E-state index in [-0.39, 0.29) is 17.5 Å². The van der Waals surface area contributed by atoms with Crippen LogP contribution in [0.5, 0.6) is 0 Å². The van der Waals surface area contributed by atoms with E-state index in [2.05, 4.69) is 13.8 Å². The number of carbonyl (C=O) groups is 2. The fourth-order valence-electron chi connectivity index (χ4n) is 6.32. The lowest BCUT2D eigenvalue weighted by molar-refractivity contribution is -0.384. The number of nitrogens with zero attached hydrogens (tertiary/aromatic N) is 4. The Morgan fingerprint density at radius 1 is 0.630 bits per heavy atom. The van der Waals surface area contributed by atoms with Gasteiger partial charge in [-0.3, -0.25) is 19.7 Å². The first-order valence-corrected chi connectivity index (χ1v) is 16.5. The minimum atomic E-state index is -0.409. The molecule has 5 rings (SSSR count). The molecule has 0 aliphatic carbocycles. The van der Waals surface area contributed by atoms with Gasteiger partial charge in [0.1, 0.15) is 0 Å². The summed E-state index contributed by atoms with van der Waals surface area (Å²) in [6.45, 7) is 7.50. The second kappa shape index (κ2) is 14.6. The van der Waals surface area contributed by atoms with Crippen LogP contribution in [0.4, 0.5) is 17.1 Å². The number of aryl methyl sites for hydroxylation is 1. The molecule has 8 nitrogen and oxygen atoms in total. The lowest BCUT2D eigenvalue weighted by Crippen LogP contribution is -2.31. The van der Waals surface area contributed by atoms with E-state index in [9.17, 15) is 19.7 Å². The maximum atomic E-state index is 14.4. The van der Waals surface area contributed by atoms with Gasteiger partial charge in [-0.05, 0) is 55.2 Å². The van der Waals surface area contributed by atoms with Gasteiger partial charge in [-0.15, -0.1) is 0 Å². The van der Waals surface area contributed by atoms with Crippen molar-refractivity contribution in [2.45, 2.75) is 72.1 Å². The van der Waals surface area contributed by atoms with Crippen LogP contribution in [0.2, 0.25) is 0 Å². The number of rotatable bonds is 15. The van der Waals surface area contributed by atoms with Crippen LogP contribution in [0.15, 0.2) is 83.9 Å². The van der Waals surface area contributed by atoms with E-state index in [0.717, 1.165) is 85.1 Å². The first kappa shape index (κ1) is 32.7. The van der Waals surface area contributed by atoms with Gasteiger partial charge in [0.15, 0.2) is 0 Å². The van der Waals surface area contributed by atoms with Gasteiger partial charge in [0, 0.05) is 43.6 Å². The van der Waals surface area contributed by atoms with E-state index >= 15 is 0 Å². The monoisotopic (exact) mass is 620 g/mol. The molecule has 2 heterocycles. The summed E-state index contributed by atoms with van der Waals surface area (Å²) in [5.74, 6) is -0.206. The second-order valence-corrected chi connectivity index (χ2v) is 12.2. The fourth-order valence-corrected chi connectivity index (χ4v) is 6.32. The summed E-state index contributed by atoms with van der Waals surface area (Å²) in [6, 6.07) is 22.4. The molecule has 2 amide bonds. The molecule has 0 saturated carbocycles. The summed E-state index contributed by atoms with van der Waals surface area (Å²) in [7, 11) is 1.91. The quantitative estimate of drug-likeness (QED) is 0.0964. The fraction of sp³-hybridized carbons (Fsp3) is 0.368. The third-order valence-corrected chi connectivity index (χ3v) is 8.95. The molecular formula is C38H44N4O4. The largest absolute Gasteiger partial charge is 0.345 e. The smallest absolute Gasteiger partial charge is 0.269 e. The van der Waals surface area contributed by atoms with Crippen LogP contribution in [-0.4, -0.2) is 46.7 Å². The Bertz CT molecular complexity index is 1640. The van der Waals surface area contributed by atoms with Crippen LogP contribution in [-0.2, 0) is 9.59 Å². The molecule has 0 atom stereocenters. The van der Waals surface area contributed by atoms with Crippen molar-refractivity contribution >= 4 is 40.3 Å². The molecular weight excluding hydrogens is 576 g/mol. The first-order chi connectivity index (χ1) is 22.3. The molecule has 2 aliphatic heterocycles. The third-order valence-electron chi connectivity index (χ3n) is 8.95. The topological polar surface area (TPSA) is 87.0 Å². The highest BCUT2D eigenvalue weighted by Crippen LogP contribution is 2.47. The van der Waals surface area contributed by atoms with Crippen molar-refractivity contribution in [1.29, 1.82) is 0 Å². The van der Waals surface area contributed by atoms with Crippen molar-refractivity contribution in [3.63, 3.8) is 0 Å². The van der Waals surface area contributed by atoms with Crippen molar-refractivity contribution in [2.75, 3.05) is 25.0 Å². The molecule has 240 valence electrons. The molecule has 3 aromatic rings. The second-order valence-electron chi connectivity index (χ2n) is 12.2. The van der Waals surface area contributed by atoms with Crippen LogP contribution >= 0.6 is 0 Å². The predicted octanol–water partition coefficient (Wildman–Crippen LogP) is 8.64. The predicted molar refractivity (Wildman–Crippen MR) is 184 cm³/mol. The van der Waals surface area contributed by atoms with Gasteiger partial charge in [-0.2, -0.15) is 0 Å². The van der Waals surface area contributed by atoms with E-state index in [4.69, 9.17) is 0 Å². The molecule has 0 bridgehead atoms. The van der Waals surface area contributed by atoms with Gasteiger partial charge in [0.05, 0.1) is 27.5 Å². The summed E-state index contributed by atoms with van der Waals surface area (Å²) in [4.78, 5) is 45.1. The van der Waals surface area contributed by atoms with Crippen molar-refractivity contribution in [3.05, 3.63) is 111 Å². The maximum Gasteiger partial charge on any atom is 0.269 e. The third kappa shape index (κ3) is 6.62. The average Bonchev–Trinajstić information content (AvgIpc) is 3.51. The Morgan fingerprint density at radius 3 is 1.46 bits per heavy atom. The van der Waals surface area contributed by atoms with E-state index in [1.165, 1.54) is 12.1 Å². The molecule has 0 unspecified atom stereocenters. The van der Waals surface area contributed by atoms with Crippen molar-refractivity contribution in [1.82, 2.24) is 9.80 Å². The Morgan fingerprint density at radius 2 is 1.04 bits per heavy atom. The molecule has 0 N–H and O–H groups in total. The summed E-state index contributed by atoms with van der Waals surface area (Å²) >= 11 is 0. The van der Waals surface area contributed by atoms with E-state index in [1.54, 1.807) is 12.1 Å². The normalized spacial score (nSPS) is 14.5. The number of fused-ring (bicyclic) bond motifs is 1. The van der Waals surface area contributed by atoms with Crippen molar-refractivity contribution in [3.8, 4) is 0 Å². The number of carbonyl (C=O) groups excluding carboxylic acids is 2. The van der Waals surface area contributed by atoms with Gasteiger partial charge >= 0.3 is 0 Å². The molecule has 2 aliphatic rings. The van der Waals surface area contributed by atoms with Crippen LogP contribution in [0.3, 0.4) is 0 Å². The number of nitro benzene ring substituents is 1. The molecule has 0 radical (unpaired) electrons. The number of unbranched alkanes of at least 4 members (excludes halogenated alkanes) is 6. The zero-order chi connectivity index (χ0) is 32.8. The Kier molecular flexibility index (Phi) is 10.4. The van der Waals surface area contributed by atoms with Gasteiger partial charge in [-0.1, -0.05) is 94.3 Å². The van der Waals surface area contributed by atoms with E-state index in [0.29, 0.717) is 29.9 Å². The van der Waals surface area contributed by atoms with Gasteiger partial charge in [-0.25, -0.2) is 0 Å². The van der Waals surface area contributed by atoms with Crippen LogP contribution in [0, 0.1) is 17.0 Å². The lowest BCUT2D eigenvalue weighted by atomic mass is 10.0. The highest BCUT2D eigenvalue weighted by Gasteiger charge is 2.48. The van der Waals surface area contributed by atoms with Crippen molar-refractivity contribution in [2.24, 2.45) is 0 Å². The summed E-state index contributed by atoms with van der Waals surface area (Å²) in [5.41, 5.74) is 7.00. The summed E-state index contributed by atoms with van der Waals surface area (Å²) < 4.78 is 0. The molecule has 0 saturated heterocycles. The number of nitro groups is 1. The number of benzene rings is 3. The molecule has 3 aromatic carbocycles. The van der Waals surface area contributed by atoms with Crippen LogP contribution < -0.4 is 4.90 Å². The molecule has 0 aromatic heterocycles. The molecule has 46 heavy (non-hydrogen) atoms. The lowest BCUT2D eigenvalue weighted by Gasteiger charge is -2.26. The highest BCUT2D eigenvalue weighted by molar-refractivity contribution is 6.30. The molecule has 8 heteroatoms. The minimum absolute atomic E-state index is 0.0420. The summed E-state index contributed by atoms with van der Waals surface area (Å²) in [5, 5.41) is 11.1. The van der Waals surface area contributed by atoms with Crippen molar-refractivity contribution < 1.29 is 14.5 Å². The molecule has 0 spiro atoms. The zero-order valence-corrected chi connectivity index (χ0v) is 27.4. The Balaban J connectivity index is 1.56. The SMILES string of the molecule is CCCCCCN1C(=O)C2=C(c3ccc(N(C)c4ccc([N+](=O)[O-])cc4)cc3)N(CCCCCC)C(=O)C2=C1c1ccc(C)cc1. The average molecular weight is 621 g/mol. The van der Waals surface area contributed by atoms with Crippen LogP contribution in [0.1, 0.15) is 81.9 Å². The minimum Gasteiger partial charge on any atom is -0.345 e. The van der Waals surface area contributed by atoms with Crippen LogP contribution in [0.25, 0.3) is 11.4 Å². The number of non-ortho nitro benzene ring substituents is 1. The van der Waals surface area contributed by atoms with E-state index < -0.39 is 4.92 Å².